The number of hydrogen-bond donors (Lipinski definition) is 2. The first-order valence-electron chi connectivity index (χ1n) is 6.75. The number of nitrogens with one attached hydrogen (secondary N) is 1. The smallest absolute Gasteiger partial charge is 0.320 e. The summed E-state index contributed by atoms with van der Waals surface area (Å²) in [6, 6.07) is 14.7. The summed E-state index contributed by atoms with van der Waals surface area (Å²) < 4.78 is 10.6. The Morgan fingerprint density at radius 3 is 2.59 bits per heavy atom. The summed E-state index contributed by atoms with van der Waals surface area (Å²) in [5, 5.41) is 20.5. The molecule has 3 aromatic rings. The molecule has 3 rings (SSSR count). The lowest BCUT2D eigenvalue weighted by molar-refractivity contribution is 0.414. The lowest BCUT2D eigenvalue weighted by Crippen LogP contribution is -1.90. The van der Waals surface area contributed by atoms with Crippen molar-refractivity contribution in [1.29, 1.82) is 0 Å². The third kappa shape index (κ3) is 3.17. The molecule has 1 heterocycles. The van der Waals surface area contributed by atoms with Crippen LogP contribution in [-0.4, -0.2) is 22.4 Å². The molecular formula is C16H15N3O3. The van der Waals surface area contributed by atoms with E-state index in [1.807, 2.05) is 24.3 Å². The minimum Gasteiger partial charge on any atom is -0.506 e. The Bertz CT molecular complexity index is 753. The molecule has 2 aromatic carbocycles. The number of rotatable bonds is 5. The number of hydrogen-bond acceptors (Lipinski definition) is 6. The zero-order valence-corrected chi connectivity index (χ0v) is 12.0. The second kappa shape index (κ2) is 6.17. The van der Waals surface area contributed by atoms with Crippen molar-refractivity contribution < 1.29 is 14.3 Å². The first kappa shape index (κ1) is 13.9. The van der Waals surface area contributed by atoms with Gasteiger partial charge in [0.15, 0.2) is 0 Å². The number of methoxy groups -OCH3 is 1. The normalized spacial score (nSPS) is 10.4. The summed E-state index contributed by atoms with van der Waals surface area (Å²) in [7, 11) is 1.63. The van der Waals surface area contributed by atoms with E-state index >= 15 is 0 Å². The monoisotopic (exact) mass is 297 g/mol. The molecule has 6 heteroatoms. The summed E-state index contributed by atoms with van der Waals surface area (Å²) in [5.41, 5.74) is 1.56. The lowest BCUT2D eigenvalue weighted by atomic mass is 10.1. The number of ether oxygens (including phenoxy) is 1. The molecule has 0 unspecified atom stereocenters. The average Bonchev–Trinajstić information content (AvgIpc) is 2.97. The van der Waals surface area contributed by atoms with E-state index < -0.39 is 0 Å². The van der Waals surface area contributed by atoms with Crippen LogP contribution in [0.25, 0.3) is 0 Å². The van der Waals surface area contributed by atoms with Crippen molar-refractivity contribution in [2.24, 2.45) is 0 Å². The number of anilines is 2. The van der Waals surface area contributed by atoms with Gasteiger partial charge in [0.25, 0.3) is 0 Å². The Morgan fingerprint density at radius 2 is 1.86 bits per heavy atom. The van der Waals surface area contributed by atoms with Crippen LogP contribution in [0.4, 0.5) is 11.7 Å². The van der Waals surface area contributed by atoms with Gasteiger partial charge in [0.05, 0.1) is 19.2 Å². The van der Waals surface area contributed by atoms with Gasteiger partial charge >= 0.3 is 6.01 Å². The van der Waals surface area contributed by atoms with Crippen molar-refractivity contribution in [1.82, 2.24) is 10.2 Å². The highest BCUT2D eigenvalue weighted by Gasteiger charge is 2.09. The second-order valence-corrected chi connectivity index (χ2v) is 4.67. The zero-order valence-electron chi connectivity index (χ0n) is 12.0. The standard InChI is InChI=1S/C16H15N3O3/c1-21-12-8-6-11(7-9-12)10-15-18-19-16(22-15)17-13-4-2-3-5-14(13)20/h2-9,20H,10H2,1H3,(H,17,19). The molecule has 22 heavy (non-hydrogen) atoms. The van der Waals surface area contributed by atoms with Crippen LogP contribution >= 0.6 is 0 Å². The Balaban J connectivity index is 1.69. The van der Waals surface area contributed by atoms with Gasteiger partial charge in [-0.05, 0) is 29.8 Å². The van der Waals surface area contributed by atoms with Crippen molar-refractivity contribution >= 4 is 11.7 Å². The van der Waals surface area contributed by atoms with Crippen molar-refractivity contribution in [3.63, 3.8) is 0 Å². The first-order chi connectivity index (χ1) is 10.7. The van der Waals surface area contributed by atoms with Gasteiger partial charge in [-0.2, -0.15) is 0 Å². The molecule has 0 saturated heterocycles. The largest absolute Gasteiger partial charge is 0.506 e. The lowest BCUT2D eigenvalue weighted by Gasteiger charge is -2.03. The molecule has 0 fully saturated rings. The Morgan fingerprint density at radius 1 is 1.09 bits per heavy atom. The molecule has 6 nitrogen and oxygen atoms in total. The number of phenolic OH excluding ortho intramolecular Hbond substituents is 1. The third-order valence-corrected chi connectivity index (χ3v) is 3.13. The highest BCUT2D eigenvalue weighted by atomic mass is 16.5. The molecular weight excluding hydrogens is 282 g/mol. The van der Waals surface area contributed by atoms with Crippen LogP contribution < -0.4 is 10.1 Å². The zero-order chi connectivity index (χ0) is 15.4. The highest BCUT2D eigenvalue weighted by molar-refractivity contribution is 5.60. The number of benzene rings is 2. The fraction of sp³-hybridized carbons (Fsp3) is 0.125. The molecule has 0 aliphatic carbocycles. The molecule has 0 aliphatic heterocycles. The molecule has 0 aliphatic rings. The van der Waals surface area contributed by atoms with Crippen LogP contribution in [0.1, 0.15) is 11.5 Å². The SMILES string of the molecule is COc1ccc(Cc2nnc(Nc3ccccc3O)o2)cc1. The highest BCUT2D eigenvalue weighted by Crippen LogP contribution is 2.25. The molecule has 0 spiro atoms. The van der Waals surface area contributed by atoms with Gasteiger partial charge in [0.2, 0.25) is 5.89 Å². The molecule has 1 aromatic heterocycles. The average molecular weight is 297 g/mol. The van der Waals surface area contributed by atoms with Gasteiger partial charge in [-0.25, -0.2) is 0 Å². The van der Waals surface area contributed by atoms with E-state index in [9.17, 15) is 5.11 Å². The van der Waals surface area contributed by atoms with E-state index in [0.29, 0.717) is 18.0 Å². The number of para-hydroxylation sites is 2. The number of aromatic hydroxyl groups is 1. The van der Waals surface area contributed by atoms with Crippen LogP contribution in [0.15, 0.2) is 52.9 Å². The van der Waals surface area contributed by atoms with Crippen LogP contribution in [0, 0.1) is 0 Å². The van der Waals surface area contributed by atoms with Gasteiger partial charge in [-0.15, -0.1) is 5.10 Å². The van der Waals surface area contributed by atoms with Gasteiger partial charge in [-0.3, -0.25) is 0 Å². The van der Waals surface area contributed by atoms with Crippen molar-refractivity contribution in [3.05, 3.63) is 60.0 Å². The van der Waals surface area contributed by atoms with Crippen LogP contribution in [0.2, 0.25) is 0 Å². The van der Waals surface area contributed by atoms with E-state index in [1.165, 1.54) is 0 Å². The molecule has 0 atom stereocenters. The molecule has 0 saturated carbocycles. The predicted octanol–water partition coefficient (Wildman–Crippen LogP) is 3.12. The topological polar surface area (TPSA) is 80.4 Å². The van der Waals surface area contributed by atoms with Crippen LogP contribution in [-0.2, 0) is 6.42 Å². The van der Waals surface area contributed by atoms with Crippen molar-refractivity contribution in [3.8, 4) is 11.5 Å². The van der Waals surface area contributed by atoms with Crippen molar-refractivity contribution in [2.45, 2.75) is 6.42 Å². The van der Waals surface area contributed by atoms with E-state index in [0.717, 1.165) is 11.3 Å². The fourth-order valence-corrected chi connectivity index (χ4v) is 1.99. The van der Waals surface area contributed by atoms with Crippen LogP contribution in [0.5, 0.6) is 11.5 Å². The Kier molecular flexibility index (Phi) is 3.91. The molecule has 0 radical (unpaired) electrons. The summed E-state index contributed by atoms with van der Waals surface area (Å²) >= 11 is 0. The van der Waals surface area contributed by atoms with Gasteiger partial charge in [0.1, 0.15) is 11.5 Å². The van der Waals surface area contributed by atoms with Crippen molar-refractivity contribution in [2.75, 3.05) is 12.4 Å². The summed E-state index contributed by atoms with van der Waals surface area (Å²) in [4.78, 5) is 0. The summed E-state index contributed by atoms with van der Waals surface area (Å²) in [6.45, 7) is 0. The quantitative estimate of drug-likeness (QED) is 0.704. The third-order valence-electron chi connectivity index (χ3n) is 3.13. The van der Waals surface area contributed by atoms with Crippen LogP contribution in [0.3, 0.4) is 0 Å². The van der Waals surface area contributed by atoms with Gasteiger partial charge in [-0.1, -0.05) is 29.4 Å². The predicted molar refractivity (Wildman–Crippen MR) is 81.5 cm³/mol. The first-order valence-corrected chi connectivity index (χ1v) is 6.75. The van der Waals surface area contributed by atoms with Gasteiger partial charge in [0, 0.05) is 0 Å². The van der Waals surface area contributed by atoms with E-state index in [2.05, 4.69) is 15.5 Å². The summed E-state index contributed by atoms with van der Waals surface area (Å²) in [6.07, 6.45) is 0.527. The maximum absolute atomic E-state index is 9.70. The van der Waals surface area contributed by atoms with E-state index in [-0.39, 0.29) is 11.8 Å². The molecule has 2 N–H and O–H groups in total. The number of nitrogens with zero attached hydrogens (tertiary/aromatic N) is 2. The fourth-order valence-electron chi connectivity index (χ4n) is 1.99. The minimum atomic E-state index is 0.123. The Hall–Kier alpha value is -3.02. The molecule has 112 valence electrons. The van der Waals surface area contributed by atoms with E-state index in [4.69, 9.17) is 9.15 Å². The molecule has 0 amide bonds. The maximum Gasteiger partial charge on any atom is 0.320 e. The minimum absolute atomic E-state index is 0.123. The maximum atomic E-state index is 9.70. The number of phenols is 1. The Labute approximate surface area is 127 Å². The summed E-state index contributed by atoms with van der Waals surface area (Å²) in [5.74, 6) is 1.41. The number of aromatic nitrogens is 2. The molecule has 0 bridgehead atoms. The second-order valence-electron chi connectivity index (χ2n) is 4.67. The van der Waals surface area contributed by atoms with E-state index in [1.54, 1.807) is 31.4 Å². The van der Waals surface area contributed by atoms with Gasteiger partial charge < -0.3 is 19.6 Å².